The van der Waals surface area contributed by atoms with Gasteiger partial charge in [0.15, 0.2) is 0 Å². The smallest absolute Gasteiger partial charge is 0.222 e. The number of likely N-dealkylation sites (tertiary alicyclic amines) is 2. The maximum absolute atomic E-state index is 12.3. The van der Waals surface area contributed by atoms with Crippen LogP contribution in [0.4, 0.5) is 0 Å². The number of amides is 2. The minimum absolute atomic E-state index is 0.344. The standard InChI is InChI=1S/C25H48N4O2/c26-16-5-1-3-10-24(30)28-18-12-22(13-19-28)8-7-9-23-14-20-29(21-15-23)25(31)11-4-2-6-17-27/h22-23H,1-21,26-27H2. The fourth-order valence-electron chi connectivity index (χ4n) is 5.15. The topological polar surface area (TPSA) is 92.7 Å². The number of piperidine rings is 2. The van der Waals surface area contributed by atoms with Gasteiger partial charge in [-0.1, -0.05) is 32.1 Å². The second kappa shape index (κ2) is 15.6. The molecular formula is C25H48N4O2. The molecule has 0 saturated carbocycles. The van der Waals surface area contributed by atoms with E-state index in [1.807, 2.05) is 0 Å². The fourth-order valence-corrected chi connectivity index (χ4v) is 5.15. The van der Waals surface area contributed by atoms with E-state index in [2.05, 4.69) is 9.80 Å². The number of nitrogens with zero attached hydrogens (tertiary/aromatic N) is 2. The zero-order valence-corrected chi connectivity index (χ0v) is 19.9. The highest BCUT2D eigenvalue weighted by atomic mass is 16.2. The van der Waals surface area contributed by atoms with E-state index in [1.54, 1.807) is 0 Å². The molecule has 2 heterocycles. The van der Waals surface area contributed by atoms with Crippen LogP contribution in [0.2, 0.25) is 0 Å². The maximum atomic E-state index is 12.3. The molecule has 4 N–H and O–H groups in total. The molecule has 180 valence electrons. The van der Waals surface area contributed by atoms with Crippen molar-refractivity contribution in [1.82, 2.24) is 9.80 Å². The maximum Gasteiger partial charge on any atom is 0.222 e. The lowest BCUT2D eigenvalue weighted by Crippen LogP contribution is -2.39. The summed E-state index contributed by atoms with van der Waals surface area (Å²) in [6, 6.07) is 0. The van der Waals surface area contributed by atoms with Crippen LogP contribution in [0.1, 0.15) is 96.3 Å². The third-order valence-electron chi connectivity index (χ3n) is 7.35. The summed E-state index contributed by atoms with van der Waals surface area (Å²) in [5, 5.41) is 0. The summed E-state index contributed by atoms with van der Waals surface area (Å²) in [5.74, 6) is 2.26. The molecule has 0 bridgehead atoms. The van der Waals surface area contributed by atoms with Gasteiger partial charge in [0.05, 0.1) is 0 Å². The molecule has 6 heteroatoms. The van der Waals surface area contributed by atoms with Crippen LogP contribution in [0.3, 0.4) is 0 Å². The zero-order valence-electron chi connectivity index (χ0n) is 19.9. The van der Waals surface area contributed by atoms with Crippen LogP contribution in [-0.2, 0) is 9.59 Å². The highest BCUT2D eigenvalue weighted by Crippen LogP contribution is 2.28. The number of hydrogen-bond donors (Lipinski definition) is 2. The van der Waals surface area contributed by atoms with Gasteiger partial charge in [0, 0.05) is 39.0 Å². The zero-order chi connectivity index (χ0) is 22.3. The van der Waals surface area contributed by atoms with E-state index in [0.717, 1.165) is 89.6 Å². The molecule has 6 nitrogen and oxygen atoms in total. The Morgan fingerprint density at radius 3 is 1.32 bits per heavy atom. The van der Waals surface area contributed by atoms with Gasteiger partial charge in [0.2, 0.25) is 11.8 Å². The number of carbonyl (C=O) groups is 2. The van der Waals surface area contributed by atoms with Crippen LogP contribution in [-0.4, -0.2) is 60.9 Å². The molecule has 2 amide bonds. The number of nitrogens with two attached hydrogens (primary N) is 2. The summed E-state index contributed by atoms with van der Waals surface area (Å²) >= 11 is 0. The van der Waals surface area contributed by atoms with E-state index in [9.17, 15) is 9.59 Å². The van der Waals surface area contributed by atoms with Crippen LogP contribution in [0, 0.1) is 11.8 Å². The Morgan fingerprint density at radius 2 is 0.968 bits per heavy atom. The normalized spacial score (nSPS) is 18.5. The number of unbranched alkanes of at least 4 members (excludes halogenated alkanes) is 4. The Kier molecular flexibility index (Phi) is 13.2. The molecule has 0 aromatic rings. The van der Waals surface area contributed by atoms with E-state index in [4.69, 9.17) is 11.5 Å². The number of hydrogen-bond acceptors (Lipinski definition) is 4. The van der Waals surface area contributed by atoms with Crippen molar-refractivity contribution >= 4 is 11.8 Å². The third-order valence-corrected chi connectivity index (χ3v) is 7.35. The predicted octanol–water partition coefficient (Wildman–Crippen LogP) is 3.67. The molecule has 2 aliphatic heterocycles. The first-order chi connectivity index (χ1) is 15.1. The van der Waals surface area contributed by atoms with E-state index in [-0.39, 0.29) is 0 Å². The molecule has 0 spiro atoms. The lowest BCUT2D eigenvalue weighted by Gasteiger charge is -2.34. The second-order valence-electron chi connectivity index (χ2n) is 9.78. The van der Waals surface area contributed by atoms with Crippen molar-refractivity contribution in [2.24, 2.45) is 23.3 Å². The first-order valence-electron chi connectivity index (χ1n) is 13.1. The van der Waals surface area contributed by atoms with E-state index in [0.29, 0.717) is 24.7 Å². The van der Waals surface area contributed by atoms with Gasteiger partial charge < -0.3 is 21.3 Å². The van der Waals surface area contributed by atoms with Gasteiger partial charge in [-0.25, -0.2) is 0 Å². The quantitative estimate of drug-likeness (QED) is 0.406. The van der Waals surface area contributed by atoms with E-state index in [1.165, 1.54) is 44.9 Å². The molecule has 0 unspecified atom stereocenters. The summed E-state index contributed by atoms with van der Waals surface area (Å²) in [6.07, 6.45) is 16.1. The fraction of sp³-hybridized carbons (Fsp3) is 0.920. The summed E-state index contributed by atoms with van der Waals surface area (Å²) in [6.45, 7) is 5.26. The van der Waals surface area contributed by atoms with Crippen molar-refractivity contribution < 1.29 is 9.59 Å². The Labute approximate surface area is 190 Å². The summed E-state index contributed by atoms with van der Waals surface area (Å²) in [7, 11) is 0. The molecule has 0 atom stereocenters. The SMILES string of the molecule is NCCCCCC(=O)N1CCC(CCCC2CCN(C(=O)CCCCCN)CC2)CC1. The minimum atomic E-state index is 0.344. The summed E-state index contributed by atoms with van der Waals surface area (Å²) in [5.41, 5.74) is 11.0. The van der Waals surface area contributed by atoms with Gasteiger partial charge in [0.1, 0.15) is 0 Å². The molecule has 2 aliphatic rings. The Hall–Kier alpha value is -1.14. The van der Waals surface area contributed by atoms with Crippen molar-refractivity contribution in [3.05, 3.63) is 0 Å². The largest absolute Gasteiger partial charge is 0.343 e. The van der Waals surface area contributed by atoms with Crippen molar-refractivity contribution in [3.8, 4) is 0 Å². The van der Waals surface area contributed by atoms with Crippen molar-refractivity contribution in [2.75, 3.05) is 39.3 Å². The summed E-state index contributed by atoms with van der Waals surface area (Å²) in [4.78, 5) is 28.8. The number of carbonyl (C=O) groups excluding carboxylic acids is 2. The van der Waals surface area contributed by atoms with Crippen LogP contribution in [0.5, 0.6) is 0 Å². The molecule has 0 aliphatic carbocycles. The molecule has 0 aromatic carbocycles. The highest BCUT2D eigenvalue weighted by molar-refractivity contribution is 5.76. The van der Waals surface area contributed by atoms with Gasteiger partial charge in [-0.2, -0.15) is 0 Å². The Bertz CT molecular complexity index is 454. The average Bonchev–Trinajstić information content (AvgIpc) is 2.80. The molecule has 2 saturated heterocycles. The van der Waals surface area contributed by atoms with Gasteiger partial charge in [0.25, 0.3) is 0 Å². The lowest BCUT2D eigenvalue weighted by atomic mass is 9.86. The summed E-state index contributed by atoms with van der Waals surface area (Å²) < 4.78 is 0. The number of rotatable bonds is 14. The van der Waals surface area contributed by atoms with E-state index < -0.39 is 0 Å². The van der Waals surface area contributed by atoms with E-state index >= 15 is 0 Å². The van der Waals surface area contributed by atoms with Gasteiger partial charge >= 0.3 is 0 Å². The van der Waals surface area contributed by atoms with Gasteiger partial charge in [-0.3, -0.25) is 9.59 Å². The molecule has 0 aromatic heterocycles. The van der Waals surface area contributed by atoms with Crippen molar-refractivity contribution in [2.45, 2.75) is 96.3 Å². The Balaban J connectivity index is 1.50. The van der Waals surface area contributed by atoms with Crippen molar-refractivity contribution in [3.63, 3.8) is 0 Å². The van der Waals surface area contributed by atoms with Gasteiger partial charge in [-0.15, -0.1) is 0 Å². The monoisotopic (exact) mass is 436 g/mol. The lowest BCUT2D eigenvalue weighted by molar-refractivity contribution is -0.133. The van der Waals surface area contributed by atoms with Crippen molar-refractivity contribution in [1.29, 1.82) is 0 Å². The minimum Gasteiger partial charge on any atom is -0.343 e. The van der Waals surface area contributed by atoms with Crippen LogP contribution >= 0.6 is 0 Å². The molecular weight excluding hydrogens is 388 g/mol. The first-order valence-corrected chi connectivity index (χ1v) is 13.1. The molecule has 2 fully saturated rings. The van der Waals surface area contributed by atoms with Crippen LogP contribution in [0.25, 0.3) is 0 Å². The third kappa shape index (κ3) is 10.3. The molecule has 0 radical (unpaired) electrons. The van der Waals surface area contributed by atoms with Gasteiger partial charge in [-0.05, 0) is 76.3 Å². The Morgan fingerprint density at radius 1 is 0.581 bits per heavy atom. The average molecular weight is 437 g/mol. The first kappa shape index (κ1) is 26.1. The highest BCUT2D eigenvalue weighted by Gasteiger charge is 2.24. The molecule has 31 heavy (non-hydrogen) atoms. The second-order valence-corrected chi connectivity index (χ2v) is 9.78. The van der Waals surface area contributed by atoms with Crippen LogP contribution in [0.15, 0.2) is 0 Å². The predicted molar refractivity (Wildman–Crippen MR) is 128 cm³/mol. The van der Waals surface area contributed by atoms with Crippen LogP contribution < -0.4 is 11.5 Å². The molecule has 2 rings (SSSR count).